The number of hydrogen-bond donors (Lipinski definition) is 2. The van der Waals surface area contributed by atoms with Crippen LogP contribution in [0.2, 0.25) is 0 Å². The molecule has 3 aromatic carbocycles. The van der Waals surface area contributed by atoms with Crippen molar-refractivity contribution in [2.45, 2.75) is 6.61 Å². The summed E-state index contributed by atoms with van der Waals surface area (Å²) in [6.07, 6.45) is 2.89. The molecule has 0 atom stereocenters. The van der Waals surface area contributed by atoms with Gasteiger partial charge in [0.1, 0.15) is 18.1 Å². The second-order valence-electron chi connectivity index (χ2n) is 6.08. The van der Waals surface area contributed by atoms with Gasteiger partial charge in [0.05, 0.1) is 11.1 Å². The topological polar surface area (TPSA) is 83.8 Å². The SMILES string of the molecule is O=C(O)c1ccc(O)c(C(=O)/C=C/c2ccc(OCc3ccccc3)cc2)c1. The molecule has 3 rings (SSSR count). The van der Waals surface area contributed by atoms with Crippen molar-refractivity contribution < 1.29 is 24.5 Å². The monoisotopic (exact) mass is 374 g/mol. The summed E-state index contributed by atoms with van der Waals surface area (Å²) in [6, 6.07) is 20.6. The maximum absolute atomic E-state index is 12.3. The first-order valence-electron chi connectivity index (χ1n) is 8.58. The number of carbonyl (C=O) groups excluding carboxylic acids is 1. The smallest absolute Gasteiger partial charge is 0.335 e. The average molecular weight is 374 g/mol. The first-order valence-corrected chi connectivity index (χ1v) is 8.58. The molecule has 0 radical (unpaired) electrons. The van der Waals surface area contributed by atoms with Crippen LogP contribution in [0.4, 0.5) is 0 Å². The zero-order chi connectivity index (χ0) is 19.9. The molecule has 3 aromatic rings. The van der Waals surface area contributed by atoms with Gasteiger partial charge in [0.25, 0.3) is 0 Å². The average Bonchev–Trinajstić information content (AvgIpc) is 2.72. The second-order valence-corrected chi connectivity index (χ2v) is 6.08. The normalized spacial score (nSPS) is 10.7. The second kappa shape index (κ2) is 8.68. The van der Waals surface area contributed by atoms with Crippen molar-refractivity contribution in [3.05, 3.63) is 101 Å². The fourth-order valence-corrected chi connectivity index (χ4v) is 2.54. The Morgan fingerprint density at radius 3 is 2.32 bits per heavy atom. The highest BCUT2D eigenvalue weighted by atomic mass is 16.5. The Labute approximate surface area is 162 Å². The molecule has 0 unspecified atom stereocenters. The predicted molar refractivity (Wildman–Crippen MR) is 106 cm³/mol. The fraction of sp³-hybridized carbons (Fsp3) is 0.0435. The van der Waals surface area contributed by atoms with Crippen LogP contribution in [0.25, 0.3) is 6.08 Å². The van der Waals surface area contributed by atoms with E-state index in [1.807, 2.05) is 30.3 Å². The molecule has 0 fully saturated rings. The Morgan fingerprint density at radius 1 is 0.929 bits per heavy atom. The zero-order valence-electron chi connectivity index (χ0n) is 14.9. The van der Waals surface area contributed by atoms with E-state index < -0.39 is 11.8 Å². The lowest BCUT2D eigenvalue weighted by molar-refractivity contribution is 0.0697. The molecule has 0 aliphatic rings. The van der Waals surface area contributed by atoms with E-state index in [9.17, 15) is 14.7 Å². The maximum atomic E-state index is 12.3. The van der Waals surface area contributed by atoms with E-state index >= 15 is 0 Å². The lowest BCUT2D eigenvalue weighted by atomic mass is 10.0. The van der Waals surface area contributed by atoms with Gasteiger partial charge in [0.15, 0.2) is 5.78 Å². The standard InChI is InChI=1S/C23H18O5/c24-21(20-14-18(23(26)27)9-13-22(20)25)12-8-16-6-10-19(11-7-16)28-15-17-4-2-1-3-5-17/h1-14,25H,15H2,(H,26,27)/b12-8+. The van der Waals surface area contributed by atoms with Gasteiger partial charge in [-0.05, 0) is 47.5 Å². The van der Waals surface area contributed by atoms with Crippen LogP contribution in [-0.4, -0.2) is 22.0 Å². The van der Waals surface area contributed by atoms with Crippen LogP contribution in [-0.2, 0) is 6.61 Å². The van der Waals surface area contributed by atoms with Crippen LogP contribution in [0.1, 0.15) is 31.8 Å². The number of allylic oxidation sites excluding steroid dienone is 1. The Bertz CT molecular complexity index is 1000. The molecule has 0 aliphatic carbocycles. The summed E-state index contributed by atoms with van der Waals surface area (Å²) >= 11 is 0. The third-order valence-electron chi connectivity index (χ3n) is 4.06. The summed E-state index contributed by atoms with van der Waals surface area (Å²) in [5.74, 6) is -1.20. The molecule has 0 saturated carbocycles. The highest BCUT2D eigenvalue weighted by Crippen LogP contribution is 2.21. The minimum atomic E-state index is -1.16. The quantitative estimate of drug-likeness (QED) is 0.468. The minimum Gasteiger partial charge on any atom is -0.507 e. The number of ketones is 1. The van der Waals surface area contributed by atoms with E-state index in [2.05, 4.69) is 0 Å². The number of benzene rings is 3. The molecule has 0 saturated heterocycles. The van der Waals surface area contributed by atoms with Crippen molar-refractivity contribution in [1.82, 2.24) is 0 Å². The number of aromatic hydroxyl groups is 1. The third kappa shape index (κ3) is 4.86. The number of carboxylic acids is 1. The molecule has 28 heavy (non-hydrogen) atoms. The van der Waals surface area contributed by atoms with Crippen LogP contribution in [0.5, 0.6) is 11.5 Å². The summed E-state index contributed by atoms with van der Waals surface area (Å²) in [4.78, 5) is 23.3. The van der Waals surface area contributed by atoms with Gasteiger partial charge in [-0.15, -0.1) is 0 Å². The van der Waals surface area contributed by atoms with Gasteiger partial charge < -0.3 is 14.9 Å². The largest absolute Gasteiger partial charge is 0.507 e. The number of rotatable bonds is 7. The molecule has 2 N–H and O–H groups in total. The van der Waals surface area contributed by atoms with Gasteiger partial charge in [-0.2, -0.15) is 0 Å². The summed E-state index contributed by atoms with van der Waals surface area (Å²) < 4.78 is 5.71. The van der Waals surface area contributed by atoms with Crippen molar-refractivity contribution >= 4 is 17.8 Å². The molecule has 0 aliphatic heterocycles. The van der Waals surface area contributed by atoms with Crippen LogP contribution in [0, 0.1) is 0 Å². The summed E-state index contributed by atoms with van der Waals surface area (Å²) in [7, 11) is 0. The number of carboxylic acid groups (broad SMARTS) is 1. The molecule has 0 spiro atoms. The first-order chi connectivity index (χ1) is 13.5. The zero-order valence-corrected chi connectivity index (χ0v) is 14.9. The van der Waals surface area contributed by atoms with Gasteiger partial charge in [-0.25, -0.2) is 4.79 Å². The summed E-state index contributed by atoms with van der Waals surface area (Å²) in [5.41, 5.74) is 1.73. The highest BCUT2D eigenvalue weighted by molar-refractivity contribution is 6.09. The first kappa shape index (κ1) is 18.9. The molecule has 5 heteroatoms. The Balaban J connectivity index is 1.65. The van der Waals surface area contributed by atoms with E-state index in [1.165, 1.54) is 18.2 Å². The van der Waals surface area contributed by atoms with E-state index in [1.54, 1.807) is 30.3 Å². The predicted octanol–water partition coefficient (Wildman–Crippen LogP) is 4.57. The van der Waals surface area contributed by atoms with Crippen LogP contribution >= 0.6 is 0 Å². The van der Waals surface area contributed by atoms with Crippen molar-refractivity contribution in [2.24, 2.45) is 0 Å². The summed E-state index contributed by atoms with van der Waals surface area (Å²) in [6.45, 7) is 0.466. The van der Waals surface area contributed by atoms with E-state index in [0.29, 0.717) is 12.4 Å². The van der Waals surface area contributed by atoms with Crippen molar-refractivity contribution in [3.8, 4) is 11.5 Å². The minimum absolute atomic E-state index is 0.0565. The summed E-state index contributed by atoms with van der Waals surface area (Å²) in [5, 5.41) is 18.8. The maximum Gasteiger partial charge on any atom is 0.335 e. The number of ether oxygens (including phenoxy) is 1. The van der Waals surface area contributed by atoms with Crippen LogP contribution < -0.4 is 4.74 Å². The van der Waals surface area contributed by atoms with Gasteiger partial charge in [-0.3, -0.25) is 4.79 Å². The lowest BCUT2D eigenvalue weighted by Gasteiger charge is -2.06. The fourth-order valence-electron chi connectivity index (χ4n) is 2.54. The number of hydrogen-bond acceptors (Lipinski definition) is 4. The number of carbonyl (C=O) groups is 2. The molecular formula is C23H18O5. The number of phenols is 1. The Morgan fingerprint density at radius 2 is 1.64 bits per heavy atom. The molecule has 5 nitrogen and oxygen atoms in total. The molecule has 140 valence electrons. The Hall–Kier alpha value is -3.86. The lowest BCUT2D eigenvalue weighted by Crippen LogP contribution is -2.01. The molecular weight excluding hydrogens is 356 g/mol. The van der Waals surface area contributed by atoms with E-state index in [0.717, 1.165) is 17.2 Å². The molecule has 0 aromatic heterocycles. The van der Waals surface area contributed by atoms with Gasteiger partial charge in [0.2, 0.25) is 0 Å². The van der Waals surface area contributed by atoms with Gasteiger partial charge >= 0.3 is 5.97 Å². The highest BCUT2D eigenvalue weighted by Gasteiger charge is 2.12. The Kier molecular flexibility index (Phi) is 5.87. The van der Waals surface area contributed by atoms with Gasteiger partial charge in [0, 0.05) is 0 Å². The third-order valence-corrected chi connectivity index (χ3v) is 4.06. The van der Waals surface area contributed by atoms with Crippen LogP contribution in [0.3, 0.4) is 0 Å². The molecule has 0 amide bonds. The van der Waals surface area contributed by atoms with Crippen molar-refractivity contribution in [2.75, 3.05) is 0 Å². The number of phenolic OH excluding ortho intramolecular Hbond substituents is 1. The van der Waals surface area contributed by atoms with E-state index in [4.69, 9.17) is 9.84 Å². The van der Waals surface area contributed by atoms with E-state index in [-0.39, 0.29) is 16.9 Å². The van der Waals surface area contributed by atoms with Crippen molar-refractivity contribution in [3.63, 3.8) is 0 Å². The van der Waals surface area contributed by atoms with Crippen molar-refractivity contribution in [1.29, 1.82) is 0 Å². The van der Waals surface area contributed by atoms with Crippen LogP contribution in [0.15, 0.2) is 78.9 Å². The number of aromatic carboxylic acids is 1. The molecule has 0 heterocycles. The van der Waals surface area contributed by atoms with Gasteiger partial charge in [-0.1, -0.05) is 48.5 Å². The molecule has 0 bridgehead atoms.